The van der Waals surface area contributed by atoms with Crippen LogP contribution in [-0.4, -0.2) is 0 Å². The topological polar surface area (TPSA) is 0 Å². The molecule has 0 saturated heterocycles. The third-order valence-corrected chi connectivity index (χ3v) is 4.97. The van der Waals surface area contributed by atoms with Crippen LogP contribution in [0.25, 0.3) is 0 Å². The van der Waals surface area contributed by atoms with Gasteiger partial charge >= 0.3 is 0 Å². The van der Waals surface area contributed by atoms with Crippen LogP contribution in [0.2, 0.25) is 0 Å². The van der Waals surface area contributed by atoms with Crippen molar-refractivity contribution in [3.63, 3.8) is 0 Å². The van der Waals surface area contributed by atoms with E-state index in [1.54, 1.807) is 22.3 Å². The molecule has 0 aromatic carbocycles. The molecule has 0 amide bonds. The van der Waals surface area contributed by atoms with Crippen molar-refractivity contribution in [2.45, 2.75) is 39.5 Å². The summed E-state index contributed by atoms with van der Waals surface area (Å²) in [6.45, 7) is 4.76. The maximum atomic E-state index is 2.49. The van der Waals surface area contributed by atoms with Gasteiger partial charge in [-0.25, -0.2) is 0 Å². The maximum Gasteiger partial charge on any atom is 0.0152 e. The highest BCUT2D eigenvalue weighted by Crippen LogP contribution is 2.54. The summed E-state index contributed by atoms with van der Waals surface area (Å²) < 4.78 is 1.52. The van der Waals surface area contributed by atoms with Gasteiger partial charge in [-0.05, 0) is 80.2 Å². The Morgan fingerprint density at radius 3 is 2.62 bits per heavy atom. The van der Waals surface area contributed by atoms with E-state index in [1.807, 2.05) is 0 Å². The molecule has 1 heteroatoms. The lowest BCUT2D eigenvalue weighted by atomic mass is 9.78. The molecular weight excluding hydrogens is 307 g/mol. The van der Waals surface area contributed by atoms with Crippen molar-refractivity contribution in [2.75, 3.05) is 0 Å². The van der Waals surface area contributed by atoms with Crippen LogP contribution in [0.1, 0.15) is 39.5 Å². The first-order valence-electron chi connectivity index (χ1n) is 6.11. The summed E-state index contributed by atoms with van der Waals surface area (Å²) in [5.41, 5.74) is 6.77. The molecule has 3 aliphatic rings. The predicted octanol–water partition coefficient (Wildman–Crippen LogP) is 5.08. The average Bonchev–Trinajstić information content (AvgIpc) is 2.49. The second-order valence-electron chi connectivity index (χ2n) is 5.44. The van der Waals surface area contributed by atoms with E-state index in [0.29, 0.717) is 0 Å². The van der Waals surface area contributed by atoms with E-state index in [1.165, 1.54) is 29.3 Å². The monoisotopic (exact) mass is 324 g/mol. The van der Waals surface area contributed by atoms with E-state index >= 15 is 0 Å². The Morgan fingerprint density at radius 2 is 1.81 bits per heavy atom. The van der Waals surface area contributed by atoms with Gasteiger partial charge in [0.25, 0.3) is 0 Å². The molecule has 0 unspecified atom stereocenters. The van der Waals surface area contributed by atoms with E-state index in [2.05, 4.69) is 54.7 Å². The molecule has 0 fully saturated rings. The Kier molecular flexibility index (Phi) is 2.43. The zero-order valence-corrected chi connectivity index (χ0v) is 12.1. The second-order valence-corrected chi connectivity index (χ2v) is 6.83. The largest absolute Gasteiger partial charge is 0.0839 e. The van der Waals surface area contributed by atoms with Crippen LogP contribution >= 0.6 is 22.6 Å². The van der Waals surface area contributed by atoms with Gasteiger partial charge in [0.05, 0.1) is 0 Å². The fourth-order valence-corrected chi connectivity index (χ4v) is 3.86. The van der Waals surface area contributed by atoms with E-state index in [9.17, 15) is 0 Å². The Labute approximate surface area is 111 Å². The third kappa shape index (κ3) is 1.40. The molecule has 84 valence electrons. The molecule has 0 aromatic heterocycles. The van der Waals surface area contributed by atoms with Crippen LogP contribution in [0.3, 0.4) is 0 Å². The molecule has 0 bridgehead atoms. The minimum absolute atomic E-state index is 0.248. The molecular formula is C15H17I. The number of rotatable bonds is 0. The molecule has 0 nitrogen and oxygen atoms in total. The van der Waals surface area contributed by atoms with Crippen LogP contribution in [0.5, 0.6) is 0 Å². The molecule has 0 saturated carbocycles. The van der Waals surface area contributed by atoms with Crippen molar-refractivity contribution in [1.29, 1.82) is 0 Å². The van der Waals surface area contributed by atoms with E-state index in [-0.39, 0.29) is 5.41 Å². The molecule has 16 heavy (non-hydrogen) atoms. The maximum absolute atomic E-state index is 2.49. The van der Waals surface area contributed by atoms with Gasteiger partial charge in [0.2, 0.25) is 0 Å². The van der Waals surface area contributed by atoms with Gasteiger partial charge in [-0.15, -0.1) is 0 Å². The lowest BCUT2D eigenvalue weighted by molar-refractivity contribution is 0.568. The minimum Gasteiger partial charge on any atom is -0.0839 e. The van der Waals surface area contributed by atoms with Gasteiger partial charge in [-0.3, -0.25) is 0 Å². The minimum atomic E-state index is 0.248. The van der Waals surface area contributed by atoms with Gasteiger partial charge in [-0.1, -0.05) is 26.0 Å². The number of allylic oxidation sites excluding steroid dienone is 8. The molecule has 0 N–H and O–H groups in total. The molecule has 0 aromatic rings. The number of halogens is 1. The van der Waals surface area contributed by atoms with Crippen LogP contribution in [-0.2, 0) is 0 Å². The number of hydrogen-bond acceptors (Lipinski definition) is 0. The van der Waals surface area contributed by atoms with Gasteiger partial charge in [0, 0.05) is 5.41 Å². The van der Waals surface area contributed by atoms with Crippen molar-refractivity contribution < 1.29 is 0 Å². The van der Waals surface area contributed by atoms with Crippen LogP contribution in [0.15, 0.2) is 44.1 Å². The van der Waals surface area contributed by atoms with Crippen molar-refractivity contribution in [1.82, 2.24) is 0 Å². The summed E-state index contributed by atoms with van der Waals surface area (Å²) in [5.74, 6) is 0. The summed E-state index contributed by atoms with van der Waals surface area (Å²) in [7, 11) is 0. The fourth-order valence-electron chi connectivity index (χ4n) is 3.27. The van der Waals surface area contributed by atoms with Gasteiger partial charge < -0.3 is 0 Å². The Balaban J connectivity index is 2.17. The number of hydrogen-bond donors (Lipinski definition) is 0. The lowest BCUT2D eigenvalue weighted by Gasteiger charge is -2.26. The molecule has 0 radical (unpaired) electrons. The summed E-state index contributed by atoms with van der Waals surface area (Å²) in [4.78, 5) is 0. The van der Waals surface area contributed by atoms with Crippen molar-refractivity contribution >= 4 is 22.6 Å². The van der Waals surface area contributed by atoms with Gasteiger partial charge in [0.1, 0.15) is 0 Å². The van der Waals surface area contributed by atoms with Crippen LogP contribution in [0.4, 0.5) is 0 Å². The quantitative estimate of drug-likeness (QED) is 0.545. The first-order valence-corrected chi connectivity index (χ1v) is 7.19. The summed E-state index contributed by atoms with van der Waals surface area (Å²) in [6.07, 6.45) is 12.2. The summed E-state index contributed by atoms with van der Waals surface area (Å²) >= 11 is 2.49. The normalized spacial score (nSPS) is 26.8. The van der Waals surface area contributed by atoms with Gasteiger partial charge in [0.15, 0.2) is 0 Å². The highest BCUT2D eigenvalue weighted by molar-refractivity contribution is 14.1. The third-order valence-electron chi connectivity index (χ3n) is 4.12. The molecule has 0 aliphatic heterocycles. The Hall–Kier alpha value is -0.310. The summed E-state index contributed by atoms with van der Waals surface area (Å²) in [6, 6.07) is 0. The Morgan fingerprint density at radius 1 is 1.06 bits per heavy atom. The van der Waals surface area contributed by atoms with E-state index < -0.39 is 0 Å². The van der Waals surface area contributed by atoms with Gasteiger partial charge in [-0.2, -0.15) is 0 Å². The summed E-state index contributed by atoms with van der Waals surface area (Å²) in [5, 5.41) is 0. The highest BCUT2D eigenvalue weighted by atomic mass is 127. The van der Waals surface area contributed by atoms with E-state index in [4.69, 9.17) is 0 Å². The average molecular weight is 324 g/mol. The van der Waals surface area contributed by atoms with Crippen molar-refractivity contribution in [2.24, 2.45) is 5.41 Å². The smallest absolute Gasteiger partial charge is 0.0152 e. The zero-order valence-electron chi connectivity index (χ0n) is 9.94. The standard InChI is InChI=1S/C15H17I/c1-15(2)13-6-4-3-5-11(13)12-8-7-10(16)9-14(12)15/h4,6,9H,3,5,7-8H2,1-2H3. The predicted molar refractivity (Wildman–Crippen MR) is 77.5 cm³/mol. The van der Waals surface area contributed by atoms with Crippen LogP contribution < -0.4 is 0 Å². The second kappa shape index (κ2) is 3.59. The fraction of sp³-hybridized carbons (Fsp3) is 0.467. The van der Waals surface area contributed by atoms with Crippen molar-refractivity contribution in [3.8, 4) is 0 Å². The molecule has 0 atom stereocenters. The first-order chi connectivity index (χ1) is 7.60. The lowest BCUT2D eigenvalue weighted by Crippen LogP contribution is -2.14. The molecule has 3 rings (SSSR count). The van der Waals surface area contributed by atoms with E-state index in [0.717, 1.165) is 0 Å². The zero-order chi connectivity index (χ0) is 11.3. The van der Waals surface area contributed by atoms with Crippen LogP contribution in [0, 0.1) is 5.41 Å². The highest BCUT2D eigenvalue weighted by Gasteiger charge is 2.38. The van der Waals surface area contributed by atoms with Crippen molar-refractivity contribution in [3.05, 3.63) is 44.1 Å². The Bertz CT molecular complexity index is 470. The SMILES string of the molecule is CC1(C)C2=C(CCC=C2)C2=C1C=C(I)CC2. The molecule has 0 spiro atoms. The first kappa shape index (κ1) is 10.8. The number of fused-ring (bicyclic) bond motifs is 1. The molecule has 0 heterocycles. The molecule has 3 aliphatic carbocycles.